The van der Waals surface area contributed by atoms with Crippen LogP contribution in [0.15, 0.2) is 11.4 Å². The Morgan fingerprint density at radius 3 is 3.15 bits per heavy atom. The lowest BCUT2D eigenvalue weighted by Gasteiger charge is -2.27. The van der Waals surface area contributed by atoms with Crippen molar-refractivity contribution in [1.82, 2.24) is 9.80 Å². The molecule has 1 aromatic heterocycles. The maximum Gasteiger partial charge on any atom is 0.0555 e. The predicted molar refractivity (Wildman–Crippen MR) is 86.9 cm³/mol. The summed E-state index contributed by atoms with van der Waals surface area (Å²) < 4.78 is 0. The van der Waals surface area contributed by atoms with Crippen molar-refractivity contribution in [2.24, 2.45) is 5.73 Å². The number of likely N-dealkylation sites (N-methyl/N-ethyl adjacent to an activating group) is 2. The minimum Gasteiger partial charge on any atom is -0.320 e. The zero-order valence-electron chi connectivity index (χ0n) is 12.6. The average Bonchev–Trinajstić information content (AvgIpc) is 3.05. The van der Waals surface area contributed by atoms with Gasteiger partial charge in [-0.25, -0.2) is 0 Å². The molecule has 2 heterocycles. The Morgan fingerprint density at radius 2 is 2.40 bits per heavy atom. The number of nitrogens with zero attached hydrogens (tertiary/aromatic N) is 2. The molecule has 0 aliphatic carbocycles. The molecule has 0 aromatic carbocycles. The van der Waals surface area contributed by atoms with Gasteiger partial charge in [0.15, 0.2) is 0 Å². The molecule has 1 aromatic rings. The molecule has 2 N–H and O–H groups in total. The van der Waals surface area contributed by atoms with Gasteiger partial charge in [-0.1, -0.05) is 18.8 Å². The van der Waals surface area contributed by atoms with Gasteiger partial charge in [0.05, 0.1) is 6.54 Å². The fraction of sp³-hybridized carbons (Fsp3) is 0.625. The van der Waals surface area contributed by atoms with E-state index in [4.69, 9.17) is 5.73 Å². The summed E-state index contributed by atoms with van der Waals surface area (Å²) in [6.45, 7) is 7.32. The number of hydrogen-bond donors (Lipinski definition) is 1. The topological polar surface area (TPSA) is 32.5 Å². The summed E-state index contributed by atoms with van der Waals surface area (Å²) in [7, 11) is 2.22. The monoisotopic (exact) mass is 291 g/mol. The first-order valence-electron chi connectivity index (χ1n) is 7.42. The van der Waals surface area contributed by atoms with Gasteiger partial charge in [0.2, 0.25) is 0 Å². The van der Waals surface area contributed by atoms with Gasteiger partial charge < -0.3 is 5.73 Å². The van der Waals surface area contributed by atoms with E-state index in [0.29, 0.717) is 6.54 Å². The first-order chi connectivity index (χ1) is 9.72. The van der Waals surface area contributed by atoms with E-state index in [9.17, 15) is 0 Å². The lowest BCUT2D eigenvalue weighted by Crippen LogP contribution is -2.38. The molecule has 1 unspecified atom stereocenters. The van der Waals surface area contributed by atoms with Gasteiger partial charge in [-0.2, -0.15) is 0 Å². The zero-order valence-corrected chi connectivity index (χ0v) is 13.4. The van der Waals surface area contributed by atoms with Crippen LogP contribution in [0.4, 0.5) is 0 Å². The van der Waals surface area contributed by atoms with E-state index in [2.05, 4.69) is 47.1 Å². The van der Waals surface area contributed by atoms with Crippen molar-refractivity contribution in [3.63, 3.8) is 0 Å². The SMILES string of the molecule is CCN1CCCC1CN(C)Cc1cc(C#CCN)cs1. The van der Waals surface area contributed by atoms with E-state index in [1.54, 1.807) is 11.3 Å². The lowest BCUT2D eigenvalue weighted by atomic mass is 10.2. The van der Waals surface area contributed by atoms with Gasteiger partial charge in [-0.3, -0.25) is 9.80 Å². The van der Waals surface area contributed by atoms with Crippen LogP contribution < -0.4 is 5.73 Å². The van der Waals surface area contributed by atoms with Crippen molar-refractivity contribution in [3.05, 3.63) is 21.9 Å². The standard InChI is InChI=1S/C16H25N3S/c1-3-19-9-5-7-15(19)11-18(2)12-16-10-14(13-20-16)6-4-8-17/h10,13,15H,3,5,7-9,11-12,17H2,1-2H3. The van der Waals surface area contributed by atoms with Crippen molar-refractivity contribution >= 4 is 11.3 Å². The first-order valence-corrected chi connectivity index (χ1v) is 8.29. The van der Waals surface area contributed by atoms with Crippen molar-refractivity contribution in [2.75, 3.05) is 33.2 Å². The summed E-state index contributed by atoms with van der Waals surface area (Å²) in [5.74, 6) is 6.00. The normalized spacial score (nSPS) is 19.3. The molecule has 1 saturated heterocycles. The van der Waals surface area contributed by atoms with E-state index in [1.807, 2.05) is 0 Å². The highest BCUT2D eigenvalue weighted by molar-refractivity contribution is 7.10. The van der Waals surface area contributed by atoms with Crippen LogP contribution >= 0.6 is 11.3 Å². The molecule has 20 heavy (non-hydrogen) atoms. The molecule has 1 aliphatic heterocycles. The highest BCUT2D eigenvalue weighted by Crippen LogP contribution is 2.20. The van der Waals surface area contributed by atoms with Gasteiger partial charge in [0.25, 0.3) is 0 Å². The Balaban J connectivity index is 1.84. The molecule has 2 rings (SSSR count). The van der Waals surface area contributed by atoms with E-state index in [1.165, 1.54) is 30.8 Å². The number of thiophene rings is 1. The van der Waals surface area contributed by atoms with Crippen LogP contribution in [-0.2, 0) is 6.54 Å². The third-order valence-corrected chi connectivity index (χ3v) is 4.76. The molecule has 1 aliphatic rings. The third-order valence-electron chi connectivity index (χ3n) is 3.84. The molecular weight excluding hydrogens is 266 g/mol. The predicted octanol–water partition coefficient (Wildman–Crippen LogP) is 1.97. The van der Waals surface area contributed by atoms with Crippen LogP contribution in [-0.4, -0.2) is 49.1 Å². The molecule has 4 heteroatoms. The van der Waals surface area contributed by atoms with Crippen LogP contribution in [0.1, 0.15) is 30.2 Å². The van der Waals surface area contributed by atoms with Crippen molar-refractivity contribution in [1.29, 1.82) is 0 Å². The molecule has 0 radical (unpaired) electrons. The molecule has 1 fully saturated rings. The Bertz CT molecular complexity index is 472. The lowest BCUT2D eigenvalue weighted by molar-refractivity contribution is 0.195. The third kappa shape index (κ3) is 4.32. The molecule has 1 atom stereocenters. The highest BCUT2D eigenvalue weighted by Gasteiger charge is 2.23. The number of rotatable bonds is 5. The van der Waals surface area contributed by atoms with Crippen LogP contribution in [0.5, 0.6) is 0 Å². The van der Waals surface area contributed by atoms with Crippen molar-refractivity contribution < 1.29 is 0 Å². The quantitative estimate of drug-likeness (QED) is 0.842. The summed E-state index contributed by atoms with van der Waals surface area (Å²) in [6.07, 6.45) is 2.69. The first kappa shape index (κ1) is 15.5. The molecule has 0 spiro atoms. The second-order valence-corrected chi connectivity index (χ2v) is 6.42. The van der Waals surface area contributed by atoms with Crippen LogP contribution in [0.25, 0.3) is 0 Å². The smallest absolute Gasteiger partial charge is 0.0555 e. The van der Waals surface area contributed by atoms with Gasteiger partial charge in [-0.05, 0) is 39.0 Å². The van der Waals surface area contributed by atoms with E-state index < -0.39 is 0 Å². The molecule has 3 nitrogen and oxygen atoms in total. The molecule has 0 bridgehead atoms. The summed E-state index contributed by atoms with van der Waals surface area (Å²) in [5, 5.41) is 2.12. The largest absolute Gasteiger partial charge is 0.320 e. The van der Waals surface area contributed by atoms with Gasteiger partial charge >= 0.3 is 0 Å². The number of nitrogens with two attached hydrogens (primary N) is 1. The Labute approximate surface area is 126 Å². The molecule has 0 amide bonds. The summed E-state index contributed by atoms with van der Waals surface area (Å²) >= 11 is 1.79. The van der Waals surface area contributed by atoms with Crippen LogP contribution in [0.3, 0.4) is 0 Å². The second-order valence-electron chi connectivity index (χ2n) is 5.43. The van der Waals surface area contributed by atoms with E-state index in [0.717, 1.165) is 24.7 Å². The maximum atomic E-state index is 5.40. The van der Waals surface area contributed by atoms with E-state index >= 15 is 0 Å². The minimum absolute atomic E-state index is 0.430. The Hall–Kier alpha value is -0.860. The Morgan fingerprint density at radius 1 is 1.55 bits per heavy atom. The average molecular weight is 291 g/mol. The van der Waals surface area contributed by atoms with Gasteiger partial charge in [0, 0.05) is 35.0 Å². The summed E-state index contributed by atoms with van der Waals surface area (Å²) in [6, 6.07) is 2.93. The highest BCUT2D eigenvalue weighted by atomic mass is 32.1. The fourth-order valence-corrected chi connectivity index (χ4v) is 3.79. The molecular formula is C16H25N3S. The van der Waals surface area contributed by atoms with Crippen molar-refractivity contribution in [3.8, 4) is 11.8 Å². The van der Waals surface area contributed by atoms with Crippen LogP contribution in [0, 0.1) is 11.8 Å². The zero-order chi connectivity index (χ0) is 14.4. The minimum atomic E-state index is 0.430. The van der Waals surface area contributed by atoms with Crippen molar-refractivity contribution in [2.45, 2.75) is 32.4 Å². The van der Waals surface area contributed by atoms with Crippen LogP contribution in [0.2, 0.25) is 0 Å². The fourth-order valence-electron chi connectivity index (χ4n) is 2.89. The summed E-state index contributed by atoms with van der Waals surface area (Å²) in [4.78, 5) is 6.42. The molecule has 110 valence electrons. The maximum absolute atomic E-state index is 5.40. The Kier molecular flexibility index (Phi) is 6.06. The van der Waals surface area contributed by atoms with E-state index in [-0.39, 0.29) is 0 Å². The number of likely N-dealkylation sites (tertiary alicyclic amines) is 1. The summed E-state index contributed by atoms with van der Waals surface area (Å²) in [5.41, 5.74) is 6.50. The van der Waals surface area contributed by atoms with Gasteiger partial charge in [0.1, 0.15) is 0 Å². The van der Waals surface area contributed by atoms with Gasteiger partial charge in [-0.15, -0.1) is 11.3 Å². The second kappa shape index (κ2) is 7.80. The molecule has 0 saturated carbocycles. The number of hydrogen-bond acceptors (Lipinski definition) is 4.